The van der Waals surface area contributed by atoms with Gasteiger partial charge in [-0.25, -0.2) is 0 Å². The van der Waals surface area contributed by atoms with Crippen LogP contribution in [0.2, 0.25) is 0 Å². The molecule has 1 saturated carbocycles. The number of benzene rings is 1. The second kappa shape index (κ2) is 7.68. The normalized spacial score (nSPS) is 14.6. The van der Waals surface area contributed by atoms with E-state index in [1.54, 1.807) is 0 Å². The Kier molecular flexibility index (Phi) is 5.37. The molecule has 0 bridgehead atoms. The Bertz CT molecular complexity index is 789. The lowest BCUT2D eigenvalue weighted by atomic mass is 10.1. The Morgan fingerprint density at radius 1 is 1.16 bits per heavy atom. The summed E-state index contributed by atoms with van der Waals surface area (Å²) in [5, 5.41) is 0. The molecule has 0 spiro atoms. The molecule has 1 aliphatic rings. The molecule has 1 aromatic heterocycles. The number of carbonyl (C=O) groups is 1. The van der Waals surface area contributed by atoms with E-state index in [-0.39, 0.29) is 17.4 Å². The highest BCUT2D eigenvalue weighted by molar-refractivity contribution is 5.95. The minimum absolute atomic E-state index is 0.124. The molecule has 0 saturated heterocycles. The minimum Gasteiger partial charge on any atom is -0.362 e. The lowest BCUT2D eigenvalue weighted by Gasteiger charge is -2.29. The van der Waals surface area contributed by atoms with Gasteiger partial charge >= 0.3 is 0 Å². The van der Waals surface area contributed by atoms with Crippen LogP contribution < -0.4 is 5.43 Å². The van der Waals surface area contributed by atoms with Crippen LogP contribution in [0.15, 0.2) is 41.2 Å². The molecule has 0 atom stereocenters. The number of nitrogens with one attached hydrogen (secondary N) is 1. The summed E-state index contributed by atoms with van der Waals surface area (Å²) >= 11 is 0. The van der Waals surface area contributed by atoms with Crippen LogP contribution in [0.3, 0.4) is 0 Å². The van der Waals surface area contributed by atoms with Gasteiger partial charge in [0.1, 0.15) is 5.56 Å². The molecular formula is C21H26N2O2. The molecule has 1 aromatic carbocycles. The average Bonchev–Trinajstić information content (AvgIpc) is 3.09. The van der Waals surface area contributed by atoms with Crippen molar-refractivity contribution in [2.45, 2.75) is 52.0 Å². The Balaban J connectivity index is 1.86. The number of amides is 1. The van der Waals surface area contributed by atoms with Gasteiger partial charge in [-0.05, 0) is 38.7 Å². The fraction of sp³-hybridized carbons (Fsp3) is 0.429. The summed E-state index contributed by atoms with van der Waals surface area (Å²) < 4.78 is 0. The third-order valence-corrected chi connectivity index (χ3v) is 5.08. The second-order valence-corrected chi connectivity index (χ2v) is 6.99. The SMILES string of the molecule is Cc1cc(=O)c(C(=O)N(CCc2ccccc2)C2CCCC2)c(C)[nH]1. The van der Waals surface area contributed by atoms with E-state index in [0.717, 1.165) is 37.8 Å². The maximum atomic E-state index is 13.2. The second-order valence-electron chi connectivity index (χ2n) is 6.99. The zero-order chi connectivity index (χ0) is 17.8. The van der Waals surface area contributed by atoms with Gasteiger partial charge in [0.05, 0.1) is 0 Å². The minimum atomic E-state index is -0.179. The largest absolute Gasteiger partial charge is 0.362 e. The molecule has 25 heavy (non-hydrogen) atoms. The van der Waals surface area contributed by atoms with Crippen molar-refractivity contribution in [3.05, 3.63) is 69.1 Å². The first-order valence-corrected chi connectivity index (χ1v) is 9.11. The molecule has 4 heteroatoms. The molecule has 0 aliphatic heterocycles. The Morgan fingerprint density at radius 3 is 2.48 bits per heavy atom. The molecule has 1 fully saturated rings. The van der Waals surface area contributed by atoms with Crippen LogP contribution >= 0.6 is 0 Å². The van der Waals surface area contributed by atoms with E-state index < -0.39 is 0 Å². The molecule has 1 aliphatic carbocycles. The van der Waals surface area contributed by atoms with Gasteiger partial charge in [0.25, 0.3) is 5.91 Å². The van der Waals surface area contributed by atoms with Crippen LogP contribution in [-0.4, -0.2) is 28.4 Å². The molecule has 3 rings (SSSR count). The van der Waals surface area contributed by atoms with Crippen molar-refractivity contribution in [3.63, 3.8) is 0 Å². The van der Waals surface area contributed by atoms with Gasteiger partial charge in [-0.1, -0.05) is 43.2 Å². The van der Waals surface area contributed by atoms with E-state index in [9.17, 15) is 9.59 Å². The van der Waals surface area contributed by atoms with Gasteiger partial charge in [0.15, 0.2) is 5.43 Å². The van der Waals surface area contributed by atoms with Gasteiger partial charge in [-0.15, -0.1) is 0 Å². The molecule has 1 heterocycles. The summed E-state index contributed by atoms with van der Waals surface area (Å²) in [6.07, 6.45) is 5.19. The highest BCUT2D eigenvalue weighted by atomic mass is 16.2. The van der Waals surface area contributed by atoms with Gasteiger partial charge < -0.3 is 9.88 Å². The summed E-state index contributed by atoms with van der Waals surface area (Å²) in [6.45, 7) is 4.30. The van der Waals surface area contributed by atoms with E-state index in [4.69, 9.17) is 0 Å². The summed E-state index contributed by atoms with van der Waals surface area (Å²) in [7, 11) is 0. The lowest BCUT2D eigenvalue weighted by molar-refractivity contribution is 0.0681. The van der Waals surface area contributed by atoms with Gasteiger partial charge in [0, 0.05) is 30.0 Å². The standard InChI is InChI=1S/C21H26N2O2/c1-15-14-19(24)20(16(2)22-15)21(25)23(18-10-6-7-11-18)13-12-17-8-4-3-5-9-17/h3-5,8-9,14,18H,6-7,10-13H2,1-2H3,(H,22,24). The van der Waals surface area contributed by atoms with Crippen LogP contribution in [0.4, 0.5) is 0 Å². The highest BCUT2D eigenvalue weighted by Crippen LogP contribution is 2.25. The van der Waals surface area contributed by atoms with Crippen LogP contribution in [0.1, 0.15) is 53.0 Å². The number of aromatic nitrogens is 1. The molecule has 1 amide bonds. The third-order valence-electron chi connectivity index (χ3n) is 5.08. The fourth-order valence-corrected chi connectivity index (χ4v) is 3.82. The molecule has 2 aromatic rings. The van der Waals surface area contributed by atoms with Crippen molar-refractivity contribution < 1.29 is 4.79 Å². The number of aryl methyl sites for hydroxylation is 2. The molecule has 0 radical (unpaired) electrons. The number of aromatic amines is 1. The number of nitrogens with zero attached hydrogens (tertiary/aromatic N) is 1. The number of hydrogen-bond donors (Lipinski definition) is 1. The first-order valence-electron chi connectivity index (χ1n) is 9.11. The number of rotatable bonds is 5. The molecule has 4 nitrogen and oxygen atoms in total. The average molecular weight is 338 g/mol. The Morgan fingerprint density at radius 2 is 1.84 bits per heavy atom. The predicted molar refractivity (Wildman–Crippen MR) is 100.0 cm³/mol. The van der Waals surface area contributed by atoms with Gasteiger partial charge in [0.2, 0.25) is 0 Å². The van der Waals surface area contributed by atoms with Crippen LogP contribution in [0.5, 0.6) is 0 Å². The maximum absolute atomic E-state index is 13.2. The van der Waals surface area contributed by atoms with Crippen LogP contribution in [-0.2, 0) is 6.42 Å². The zero-order valence-electron chi connectivity index (χ0n) is 15.0. The molecular weight excluding hydrogens is 312 g/mol. The topological polar surface area (TPSA) is 53.2 Å². The monoisotopic (exact) mass is 338 g/mol. The predicted octanol–water partition coefficient (Wildman–Crippen LogP) is 3.62. The number of carbonyl (C=O) groups excluding carboxylic acids is 1. The molecule has 1 N–H and O–H groups in total. The highest BCUT2D eigenvalue weighted by Gasteiger charge is 2.29. The lowest BCUT2D eigenvalue weighted by Crippen LogP contribution is -2.42. The summed E-state index contributed by atoms with van der Waals surface area (Å²) in [5.74, 6) is -0.124. The van der Waals surface area contributed by atoms with E-state index in [0.29, 0.717) is 17.8 Å². The van der Waals surface area contributed by atoms with E-state index in [2.05, 4.69) is 17.1 Å². The summed E-state index contributed by atoms with van der Waals surface area (Å²) in [6, 6.07) is 12.0. The fourth-order valence-electron chi connectivity index (χ4n) is 3.82. The van der Waals surface area contributed by atoms with Crippen molar-refractivity contribution in [1.29, 1.82) is 0 Å². The first-order chi connectivity index (χ1) is 12.1. The summed E-state index contributed by atoms with van der Waals surface area (Å²) in [5.41, 5.74) is 2.79. The molecule has 132 valence electrons. The Hall–Kier alpha value is -2.36. The quantitative estimate of drug-likeness (QED) is 0.905. The van der Waals surface area contributed by atoms with Crippen LogP contribution in [0, 0.1) is 13.8 Å². The van der Waals surface area contributed by atoms with Crippen molar-refractivity contribution in [1.82, 2.24) is 9.88 Å². The zero-order valence-corrected chi connectivity index (χ0v) is 15.0. The van der Waals surface area contributed by atoms with Crippen molar-refractivity contribution in [3.8, 4) is 0 Å². The summed E-state index contributed by atoms with van der Waals surface area (Å²) in [4.78, 5) is 30.7. The Labute approximate surface area is 148 Å². The van der Waals surface area contributed by atoms with Crippen LogP contribution in [0.25, 0.3) is 0 Å². The van der Waals surface area contributed by atoms with Crippen molar-refractivity contribution >= 4 is 5.91 Å². The van der Waals surface area contributed by atoms with E-state index in [1.807, 2.05) is 36.9 Å². The van der Waals surface area contributed by atoms with Gasteiger partial charge in [-0.2, -0.15) is 0 Å². The van der Waals surface area contributed by atoms with E-state index >= 15 is 0 Å². The van der Waals surface area contributed by atoms with Crippen molar-refractivity contribution in [2.75, 3.05) is 6.54 Å². The number of hydrogen-bond acceptors (Lipinski definition) is 2. The number of pyridine rings is 1. The van der Waals surface area contributed by atoms with Crippen molar-refractivity contribution in [2.24, 2.45) is 0 Å². The van der Waals surface area contributed by atoms with Gasteiger partial charge in [-0.3, -0.25) is 9.59 Å². The van der Waals surface area contributed by atoms with E-state index in [1.165, 1.54) is 11.6 Å². The molecule has 0 unspecified atom stereocenters. The number of H-pyrrole nitrogens is 1. The smallest absolute Gasteiger partial charge is 0.259 e. The third kappa shape index (κ3) is 4.01. The maximum Gasteiger partial charge on any atom is 0.259 e. The first kappa shape index (κ1) is 17.5.